The van der Waals surface area contributed by atoms with E-state index >= 15 is 0 Å². The first-order chi connectivity index (χ1) is 9.89. The minimum Gasteiger partial charge on any atom is -0.289 e. The second-order valence-electron chi connectivity index (χ2n) is 5.20. The molecule has 1 aromatic rings. The van der Waals surface area contributed by atoms with Crippen molar-refractivity contribution >= 4 is 5.78 Å². The molecule has 0 heterocycles. The number of benzene rings is 1. The highest BCUT2D eigenvalue weighted by Crippen LogP contribution is 2.31. The Morgan fingerprint density at radius 3 is 2.48 bits per heavy atom. The number of alkyl halides is 3. The third-order valence-corrected chi connectivity index (χ3v) is 3.62. The van der Waals surface area contributed by atoms with Crippen LogP contribution >= 0.6 is 0 Å². The van der Waals surface area contributed by atoms with Crippen molar-refractivity contribution < 1.29 is 22.4 Å². The molecular weight excluding hydrogens is 284 g/mol. The predicted molar refractivity (Wildman–Crippen MR) is 71.5 cm³/mol. The van der Waals surface area contributed by atoms with E-state index in [-0.39, 0.29) is 0 Å². The van der Waals surface area contributed by atoms with Crippen molar-refractivity contribution in [2.45, 2.75) is 44.7 Å². The van der Waals surface area contributed by atoms with E-state index in [0.717, 1.165) is 25.7 Å². The summed E-state index contributed by atoms with van der Waals surface area (Å²) in [6, 6.07) is 1.97. The van der Waals surface area contributed by atoms with Gasteiger partial charge < -0.3 is 0 Å². The predicted octanol–water partition coefficient (Wildman–Crippen LogP) is 5.31. The zero-order valence-electron chi connectivity index (χ0n) is 11.5. The molecular formula is C16H16F4O. The van der Waals surface area contributed by atoms with Crippen LogP contribution in [0.4, 0.5) is 17.6 Å². The molecule has 0 radical (unpaired) electrons. The molecule has 1 aliphatic rings. The summed E-state index contributed by atoms with van der Waals surface area (Å²) in [5.74, 6) is -1.53. The van der Waals surface area contributed by atoms with Crippen molar-refractivity contribution in [2.24, 2.45) is 0 Å². The van der Waals surface area contributed by atoms with Crippen molar-refractivity contribution in [3.05, 3.63) is 46.8 Å². The van der Waals surface area contributed by atoms with Crippen LogP contribution in [0.3, 0.4) is 0 Å². The van der Waals surface area contributed by atoms with Gasteiger partial charge in [-0.3, -0.25) is 4.79 Å². The number of hydrogen-bond acceptors (Lipinski definition) is 1. The van der Waals surface area contributed by atoms with E-state index in [1.807, 2.05) is 0 Å². The normalized spacial score (nSPS) is 19.3. The van der Waals surface area contributed by atoms with Gasteiger partial charge in [0, 0.05) is 0 Å². The van der Waals surface area contributed by atoms with E-state index in [0.29, 0.717) is 36.6 Å². The maximum Gasteiger partial charge on any atom is 0.416 e. The largest absolute Gasteiger partial charge is 0.416 e. The fourth-order valence-corrected chi connectivity index (χ4v) is 2.45. The first kappa shape index (κ1) is 15.7. The Balaban J connectivity index is 2.33. The van der Waals surface area contributed by atoms with E-state index in [1.165, 1.54) is 0 Å². The molecule has 0 N–H and O–H groups in total. The third-order valence-electron chi connectivity index (χ3n) is 3.62. The summed E-state index contributed by atoms with van der Waals surface area (Å²) in [4.78, 5) is 12.3. The minimum absolute atomic E-state index is 0.424. The monoisotopic (exact) mass is 300 g/mol. The molecule has 0 atom stereocenters. The van der Waals surface area contributed by atoms with Gasteiger partial charge in [0.2, 0.25) is 0 Å². The molecule has 0 aliphatic heterocycles. The van der Waals surface area contributed by atoms with E-state index in [1.54, 1.807) is 6.08 Å². The lowest BCUT2D eigenvalue weighted by molar-refractivity contribution is -0.137. The van der Waals surface area contributed by atoms with Gasteiger partial charge in [-0.25, -0.2) is 4.39 Å². The van der Waals surface area contributed by atoms with Gasteiger partial charge in [0.1, 0.15) is 5.82 Å². The van der Waals surface area contributed by atoms with Gasteiger partial charge in [-0.05, 0) is 49.5 Å². The molecule has 1 nitrogen and oxygen atoms in total. The summed E-state index contributed by atoms with van der Waals surface area (Å²) in [5.41, 5.74) is -1.07. The Labute approximate surface area is 120 Å². The topological polar surface area (TPSA) is 17.1 Å². The lowest BCUT2D eigenvalue weighted by atomic mass is 9.93. The number of ketones is 1. The first-order valence-corrected chi connectivity index (χ1v) is 7.00. The maximum absolute atomic E-state index is 13.7. The Hall–Kier alpha value is -1.65. The van der Waals surface area contributed by atoms with Crippen molar-refractivity contribution in [3.8, 4) is 0 Å². The van der Waals surface area contributed by atoms with Crippen LogP contribution in [0.1, 0.15) is 54.4 Å². The molecule has 0 saturated heterocycles. The smallest absolute Gasteiger partial charge is 0.289 e. The summed E-state index contributed by atoms with van der Waals surface area (Å²) in [5, 5.41) is 0. The first-order valence-electron chi connectivity index (χ1n) is 7.00. The summed E-state index contributed by atoms with van der Waals surface area (Å²) in [7, 11) is 0. The van der Waals surface area contributed by atoms with E-state index in [9.17, 15) is 22.4 Å². The standard InChI is InChI=1S/C16H16F4O/c17-14-9-8-12(16(18,19)20)10-13(14)15(21)11-6-4-2-1-3-5-7-11/h6,8-10H,1-5,7H2/b11-6+. The van der Waals surface area contributed by atoms with Crippen molar-refractivity contribution in [1.82, 2.24) is 0 Å². The summed E-state index contributed by atoms with van der Waals surface area (Å²) in [6.07, 6.45) is 2.17. The summed E-state index contributed by atoms with van der Waals surface area (Å²) >= 11 is 0. The molecule has 0 spiro atoms. The van der Waals surface area contributed by atoms with Crippen LogP contribution in [0, 0.1) is 5.82 Å². The van der Waals surface area contributed by atoms with Gasteiger partial charge in [-0.1, -0.05) is 18.9 Å². The number of carbonyl (C=O) groups excluding carboxylic acids is 1. The molecule has 0 fully saturated rings. The highest BCUT2D eigenvalue weighted by Gasteiger charge is 2.32. The fourth-order valence-electron chi connectivity index (χ4n) is 2.45. The Morgan fingerprint density at radius 1 is 1.05 bits per heavy atom. The Kier molecular flexibility index (Phi) is 4.80. The fraction of sp³-hybridized carbons (Fsp3) is 0.438. The average molecular weight is 300 g/mol. The van der Waals surface area contributed by atoms with Crippen LogP contribution in [0.5, 0.6) is 0 Å². The number of hydrogen-bond donors (Lipinski definition) is 0. The van der Waals surface area contributed by atoms with E-state index in [2.05, 4.69) is 0 Å². The zero-order valence-corrected chi connectivity index (χ0v) is 11.5. The van der Waals surface area contributed by atoms with E-state index < -0.39 is 28.9 Å². The molecule has 0 saturated carbocycles. The molecule has 1 aliphatic carbocycles. The lowest BCUT2D eigenvalue weighted by Crippen LogP contribution is -2.11. The van der Waals surface area contributed by atoms with Crippen LogP contribution in [0.2, 0.25) is 0 Å². The van der Waals surface area contributed by atoms with Crippen LogP contribution in [0.15, 0.2) is 29.8 Å². The van der Waals surface area contributed by atoms with Gasteiger partial charge in [-0.15, -0.1) is 0 Å². The second-order valence-corrected chi connectivity index (χ2v) is 5.20. The van der Waals surface area contributed by atoms with Crippen LogP contribution < -0.4 is 0 Å². The van der Waals surface area contributed by atoms with Gasteiger partial charge in [-0.2, -0.15) is 13.2 Å². The molecule has 0 amide bonds. The van der Waals surface area contributed by atoms with Crippen molar-refractivity contribution in [3.63, 3.8) is 0 Å². The van der Waals surface area contributed by atoms with Gasteiger partial charge in [0.25, 0.3) is 0 Å². The lowest BCUT2D eigenvalue weighted by Gasteiger charge is -2.13. The SMILES string of the molecule is O=C(/C1=C/CCCCCC1)c1cc(C(F)(F)F)ccc1F. The quantitative estimate of drug-likeness (QED) is 0.534. The molecule has 21 heavy (non-hydrogen) atoms. The van der Waals surface area contributed by atoms with Crippen LogP contribution in [-0.2, 0) is 6.18 Å². The molecule has 1 aromatic carbocycles. The Morgan fingerprint density at radius 2 is 1.76 bits per heavy atom. The average Bonchev–Trinajstić information content (AvgIpc) is 2.36. The highest BCUT2D eigenvalue weighted by molar-refractivity contribution is 6.08. The van der Waals surface area contributed by atoms with E-state index in [4.69, 9.17) is 0 Å². The summed E-state index contributed by atoms with van der Waals surface area (Å²) < 4.78 is 51.8. The number of halogens is 4. The molecule has 2 rings (SSSR count). The zero-order chi connectivity index (χ0) is 15.5. The van der Waals surface area contributed by atoms with Gasteiger partial charge in [0.05, 0.1) is 11.1 Å². The minimum atomic E-state index is -4.59. The number of carbonyl (C=O) groups is 1. The van der Waals surface area contributed by atoms with Crippen LogP contribution in [0.25, 0.3) is 0 Å². The van der Waals surface area contributed by atoms with Crippen molar-refractivity contribution in [2.75, 3.05) is 0 Å². The third kappa shape index (κ3) is 3.93. The molecule has 0 aromatic heterocycles. The highest BCUT2D eigenvalue weighted by atomic mass is 19.4. The molecule has 0 bridgehead atoms. The van der Waals surface area contributed by atoms with Crippen molar-refractivity contribution in [1.29, 1.82) is 0 Å². The molecule has 5 heteroatoms. The number of Topliss-reactive ketones (excluding diaryl/α,β-unsaturated/α-hetero) is 1. The number of rotatable bonds is 2. The van der Waals surface area contributed by atoms with Gasteiger partial charge in [0.15, 0.2) is 5.78 Å². The second kappa shape index (κ2) is 6.41. The molecule has 0 unspecified atom stereocenters. The molecule has 114 valence electrons. The Bertz CT molecular complexity index is 558. The maximum atomic E-state index is 13.7. The van der Waals surface area contributed by atoms with Crippen LogP contribution in [-0.4, -0.2) is 5.78 Å². The summed E-state index contributed by atoms with van der Waals surface area (Å²) in [6.45, 7) is 0. The van der Waals surface area contributed by atoms with Gasteiger partial charge >= 0.3 is 6.18 Å². The number of allylic oxidation sites excluding steroid dienone is 2.